The first-order valence-electron chi connectivity index (χ1n) is 10.7. The van der Waals surface area contributed by atoms with Gasteiger partial charge in [0, 0.05) is 12.5 Å². The smallest absolute Gasteiger partial charge is 0.258 e. The van der Waals surface area contributed by atoms with E-state index in [0.29, 0.717) is 30.0 Å². The van der Waals surface area contributed by atoms with E-state index in [0.717, 1.165) is 37.0 Å². The molecule has 6 nitrogen and oxygen atoms in total. The fourth-order valence-corrected chi connectivity index (χ4v) is 5.40. The Balaban J connectivity index is 1.57. The second kappa shape index (κ2) is 7.51. The van der Waals surface area contributed by atoms with Crippen LogP contribution in [0.2, 0.25) is 0 Å². The first-order valence-corrected chi connectivity index (χ1v) is 10.7. The van der Waals surface area contributed by atoms with Crippen molar-refractivity contribution in [3.05, 3.63) is 53.6 Å². The Bertz CT molecular complexity index is 960. The second-order valence-corrected chi connectivity index (χ2v) is 8.46. The number of rotatable bonds is 3. The molecule has 6 heteroatoms. The zero-order valence-corrected chi connectivity index (χ0v) is 17.2. The highest BCUT2D eigenvalue weighted by Crippen LogP contribution is 2.51. The number of para-hydroxylation sites is 1. The van der Waals surface area contributed by atoms with Gasteiger partial charge in [0.1, 0.15) is 5.75 Å². The van der Waals surface area contributed by atoms with E-state index < -0.39 is 5.60 Å². The van der Waals surface area contributed by atoms with Crippen LogP contribution in [0, 0.1) is 5.92 Å². The zero-order valence-electron chi connectivity index (χ0n) is 17.2. The van der Waals surface area contributed by atoms with Gasteiger partial charge in [-0.3, -0.25) is 4.79 Å². The molecule has 0 bridgehead atoms. The zero-order chi connectivity index (χ0) is 20.7. The number of amides is 1. The highest BCUT2D eigenvalue weighted by Gasteiger charge is 2.50. The SMILES string of the molecule is COc1ccccc1C(=O)N1CC[C@@]2(O)CCCC[C@@H]2[C@@H]1c1ccc2c(c1)OCO2. The van der Waals surface area contributed by atoms with Gasteiger partial charge in [0.15, 0.2) is 11.5 Å². The summed E-state index contributed by atoms with van der Waals surface area (Å²) in [4.78, 5) is 15.6. The summed E-state index contributed by atoms with van der Waals surface area (Å²) >= 11 is 0. The molecule has 1 N–H and O–H groups in total. The van der Waals surface area contributed by atoms with Crippen molar-refractivity contribution in [3.63, 3.8) is 0 Å². The van der Waals surface area contributed by atoms with Crippen LogP contribution in [0.25, 0.3) is 0 Å². The summed E-state index contributed by atoms with van der Waals surface area (Å²) in [6.07, 6.45) is 4.37. The van der Waals surface area contributed by atoms with Gasteiger partial charge in [0.2, 0.25) is 6.79 Å². The minimum atomic E-state index is -0.739. The fourth-order valence-electron chi connectivity index (χ4n) is 5.40. The van der Waals surface area contributed by atoms with E-state index in [1.165, 1.54) is 0 Å². The highest BCUT2D eigenvalue weighted by molar-refractivity contribution is 5.97. The molecule has 2 aliphatic heterocycles. The summed E-state index contributed by atoms with van der Waals surface area (Å²) in [6, 6.07) is 13.0. The lowest BCUT2D eigenvalue weighted by atomic mass is 9.66. The minimum Gasteiger partial charge on any atom is -0.496 e. The van der Waals surface area contributed by atoms with Gasteiger partial charge in [0.25, 0.3) is 5.91 Å². The van der Waals surface area contributed by atoms with Gasteiger partial charge in [-0.2, -0.15) is 0 Å². The van der Waals surface area contributed by atoms with Gasteiger partial charge in [-0.1, -0.05) is 31.0 Å². The lowest BCUT2D eigenvalue weighted by Gasteiger charge is -2.52. The van der Waals surface area contributed by atoms with Gasteiger partial charge >= 0.3 is 0 Å². The van der Waals surface area contributed by atoms with Crippen LogP contribution in [-0.2, 0) is 0 Å². The predicted octanol–water partition coefficient (Wildman–Crippen LogP) is 3.93. The summed E-state index contributed by atoms with van der Waals surface area (Å²) in [5.41, 5.74) is 0.788. The molecule has 0 spiro atoms. The number of carbonyl (C=O) groups excluding carboxylic acids is 1. The summed E-state index contributed by atoms with van der Waals surface area (Å²) < 4.78 is 16.5. The maximum absolute atomic E-state index is 13.7. The number of benzene rings is 2. The average molecular weight is 409 g/mol. The number of ether oxygens (including phenoxy) is 3. The molecule has 2 heterocycles. The van der Waals surface area contributed by atoms with Crippen molar-refractivity contribution in [1.29, 1.82) is 0 Å². The molecule has 30 heavy (non-hydrogen) atoms. The second-order valence-electron chi connectivity index (χ2n) is 8.46. The Kier molecular flexibility index (Phi) is 4.82. The molecule has 0 aromatic heterocycles. The van der Waals surface area contributed by atoms with Crippen molar-refractivity contribution in [2.45, 2.75) is 43.7 Å². The van der Waals surface area contributed by atoms with E-state index in [4.69, 9.17) is 14.2 Å². The molecule has 1 saturated heterocycles. The molecule has 5 rings (SSSR count). The third-order valence-electron chi connectivity index (χ3n) is 6.90. The van der Waals surface area contributed by atoms with Crippen LogP contribution >= 0.6 is 0 Å². The monoisotopic (exact) mass is 409 g/mol. The number of piperidine rings is 1. The average Bonchev–Trinajstić information content (AvgIpc) is 3.25. The van der Waals surface area contributed by atoms with Crippen LogP contribution in [-0.4, -0.2) is 42.0 Å². The molecule has 1 amide bonds. The number of carbonyl (C=O) groups is 1. The summed E-state index contributed by atoms with van der Waals surface area (Å²) in [7, 11) is 1.58. The third-order valence-corrected chi connectivity index (χ3v) is 6.90. The summed E-state index contributed by atoms with van der Waals surface area (Å²) in [5, 5.41) is 11.5. The van der Waals surface area contributed by atoms with Crippen molar-refractivity contribution in [1.82, 2.24) is 4.90 Å². The van der Waals surface area contributed by atoms with Crippen molar-refractivity contribution >= 4 is 5.91 Å². The number of likely N-dealkylation sites (tertiary alicyclic amines) is 1. The molecular weight excluding hydrogens is 382 g/mol. The molecular formula is C24H27NO5. The Morgan fingerprint density at radius 1 is 1.13 bits per heavy atom. The number of hydrogen-bond acceptors (Lipinski definition) is 5. The molecule has 1 saturated carbocycles. The first-order chi connectivity index (χ1) is 14.6. The number of aliphatic hydroxyl groups is 1. The van der Waals surface area contributed by atoms with Gasteiger partial charge in [0.05, 0.1) is 24.3 Å². The number of nitrogens with zero attached hydrogens (tertiary/aromatic N) is 1. The van der Waals surface area contributed by atoms with Gasteiger partial charge in [-0.25, -0.2) is 0 Å². The van der Waals surface area contributed by atoms with E-state index >= 15 is 0 Å². The van der Waals surface area contributed by atoms with Crippen LogP contribution in [0.4, 0.5) is 0 Å². The van der Waals surface area contributed by atoms with Crippen molar-refractivity contribution < 1.29 is 24.1 Å². The molecule has 3 aliphatic rings. The largest absolute Gasteiger partial charge is 0.496 e. The quantitative estimate of drug-likeness (QED) is 0.832. The van der Waals surface area contributed by atoms with E-state index in [9.17, 15) is 9.90 Å². The Hall–Kier alpha value is -2.73. The summed E-state index contributed by atoms with van der Waals surface area (Å²) in [5.74, 6) is 1.90. The van der Waals surface area contributed by atoms with E-state index in [2.05, 4.69) is 0 Å². The van der Waals surface area contributed by atoms with Gasteiger partial charge in [-0.05, 0) is 49.1 Å². The third kappa shape index (κ3) is 3.10. The molecule has 2 fully saturated rings. The normalized spacial score (nSPS) is 27.5. The number of methoxy groups -OCH3 is 1. The van der Waals surface area contributed by atoms with Crippen LogP contribution in [0.15, 0.2) is 42.5 Å². The van der Waals surface area contributed by atoms with E-state index in [1.54, 1.807) is 13.2 Å². The number of hydrogen-bond donors (Lipinski definition) is 1. The lowest BCUT2D eigenvalue weighted by molar-refractivity contribution is -0.115. The topological polar surface area (TPSA) is 68.2 Å². The van der Waals surface area contributed by atoms with Crippen LogP contribution in [0.5, 0.6) is 17.2 Å². The van der Waals surface area contributed by atoms with Gasteiger partial charge < -0.3 is 24.2 Å². The van der Waals surface area contributed by atoms with Crippen LogP contribution in [0.1, 0.15) is 54.1 Å². The van der Waals surface area contributed by atoms with Crippen LogP contribution in [0.3, 0.4) is 0 Å². The van der Waals surface area contributed by atoms with E-state index in [-0.39, 0.29) is 24.7 Å². The molecule has 2 aromatic carbocycles. The molecule has 2 aromatic rings. The molecule has 158 valence electrons. The standard InChI is InChI=1S/C24H27NO5/c1-28-19-8-3-2-6-17(19)23(26)25-13-12-24(27)11-5-4-7-18(24)22(25)16-9-10-20-21(14-16)30-15-29-20/h2-3,6,8-10,14,18,22,27H,4-5,7,11-13,15H2,1H3/t18-,22+,24+/m1/s1. The first kappa shape index (κ1) is 19.2. The minimum absolute atomic E-state index is 0.0148. The number of fused-ring (bicyclic) bond motifs is 2. The Morgan fingerprint density at radius 3 is 2.83 bits per heavy atom. The fraction of sp³-hybridized carbons (Fsp3) is 0.458. The Labute approximate surface area is 176 Å². The Morgan fingerprint density at radius 2 is 1.97 bits per heavy atom. The van der Waals surface area contributed by atoms with E-state index in [1.807, 2.05) is 41.3 Å². The maximum Gasteiger partial charge on any atom is 0.258 e. The molecule has 3 atom stereocenters. The molecule has 0 radical (unpaired) electrons. The predicted molar refractivity (Wildman–Crippen MR) is 111 cm³/mol. The molecule has 0 unspecified atom stereocenters. The van der Waals surface area contributed by atoms with Crippen molar-refractivity contribution in [2.24, 2.45) is 5.92 Å². The summed E-state index contributed by atoms with van der Waals surface area (Å²) in [6.45, 7) is 0.712. The van der Waals surface area contributed by atoms with Gasteiger partial charge in [-0.15, -0.1) is 0 Å². The lowest BCUT2D eigenvalue weighted by Crippen LogP contribution is -2.56. The maximum atomic E-state index is 13.7. The van der Waals surface area contributed by atoms with Crippen LogP contribution < -0.4 is 14.2 Å². The van der Waals surface area contributed by atoms with Crippen molar-refractivity contribution in [3.8, 4) is 17.2 Å². The molecule has 1 aliphatic carbocycles. The highest BCUT2D eigenvalue weighted by atomic mass is 16.7. The van der Waals surface area contributed by atoms with Crippen molar-refractivity contribution in [2.75, 3.05) is 20.4 Å².